The normalized spacial score (nSPS) is 14.4. The maximum atomic E-state index is 12.9. The molecule has 0 fully saturated rings. The number of rotatable bonds is 1. The lowest BCUT2D eigenvalue weighted by Gasteiger charge is -2.17. The Morgan fingerprint density at radius 2 is 2.10 bits per heavy atom. The SMILES string of the molecule is O=C(c1ccn[nH]1)N1CCc2c1cccc2C(F)(F)F. The number of carbonyl (C=O) groups is 1. The van der Waals surface area contributed by atoms with Crippen LogP contribution in [0.15, 0.2) is 30.5 Å². The summed E-state index contributed by atoms with van der Waals surface area (Å²) in [5.41, 5.74) is 0.0810. The molecule has 4 nitrogen and oxygen atoms in total. The maximum Gasteiger partial charge on any atom is 0.416 e. The minimum atomic E-state index is -4.40. The highest BCUT2D eigenvalue weighted by molar-refractivity contribution is 6.06. The fraction of sp³-hybridized carbons (Fsp3) is 0.231. The van der Waals surface area contributed by atoms with Crippen molar-refractivity contribution in [1.82, 2.24) is 10.2 Å². The van der Waals surface area contributed by atoms with Crippen molar-refractivity contribution >= 4 is 11.6 Å². The van der Waals surface area contributed by atoms with Crippen molar-refractivity contribution < 1.29 is 18.0 Å². The van der Waals surface area contributed by atoms with E-state index in [4.69, 9.17) is 0 Å². The first kappa shape index (κ1) is 12.7. The highest BCUT2D eigenvalue weighted by Crippen LogP contribution is 2.39. The average molecular weight is 281 g/mol. The maximum absolute atomic E-state index is 12.9. The van der Waals surface area contributed by atoms with Gasteiger partial charge in [0, 0.05) is 18.4 Å². The van der Waals surface area contributed by atoms with Crippen molar-refractivity contribution in [2.75, 3.05) is 11.4 Å². The molecule has 20 heavy (non-hydrogen) atoms. The molecule has 1 aromatic heterocycles. The summed E-state index contributed by atoms with van der Waals surface area (Å²) in [7, 11) is 0. The number of alkyl halides is 3. The molecular formula is C13H10F3N3O. The van der Waals surface area contributed by atoms with Crippen LogP contribution in [0.1, 0.15) is 21.6 Å². The van der Waals surface area contributed by atoms with Crippen LogP contribution in [0.5, 0.6) is 0 Å². The molecule has 1 N–H and O–H groups in total. The molecule has 1 aliphatic heterocycles. The number of nitrogens with zero attached hydrogens (tertiary/aromatic N) is 2. The smallest absolute Gasteiger partial charge is 0.306 e. The molecule has 0 atom stereocenters. The molecule has 0 spiro atoms. The van der Waals surface area contributed by atoms with Crippen LogP contribution in [0.4, 0.5) is 18.9 Å². The van der Waals surface area contributed by atoms with Crippen molar-refractivity contribution in [3.63, 3.8) is 0 Å². The number of H-pyrrole nitrogens is 1. The van der Waals surface area contributed by atoms with Gasteiger partial charge in [0.2, 0.25) is 0 Å². The lowest BCUT2D eigenvalue weighted by Crippen LogP contribution is -2.29. The summed E-state index contributed by atoms with van der Waals surface area (Å²) in [4.78, 5) is 13.6. The summed E-state index contributed by atoms with van der Waals surface area (Å²) in [6.45, 7) is 0.236. The zero-order chi connectivity index (χ0) is 14.3. The summed E-state index contributed by atoms with van der Waals surface area (Å²) in [6, 6.07) is 5.39. The molecule has 0 saturated carbocycles. The van der Waals surface area contributed by atoms with E-state index < -0.39 is 11.7 Å². The first-order valence-electron chi connectivity index (χ1n) is 5.99. The van der Waals surface area contributed by atoms with Gasteiger partial charge < -0.3 is 4.90 Å². The largest absolute Gasteiger partial charge is 0.416 e. The Labute approximate surface area is 112 Å². The van der Waals surface area contributed by atoms with E-state index in [1.54, 1.807) is 0 Å². The molecule has 3 rings (SSSR count). The van der Waals surface area contributed by atoms with Gasteiger partial charge in [0.05, 0.1) is 5.56 Å². The van der Waals surface area contributed by atoms with Gasteiger partial charge in [0.25, 0.3) is 5.91 Å². The minimum absolute atomic E-state index is 0.174. The zero-order valence-corrected chi connectivity index (χ0v) is 10.2. The fourth-order valence-corrected chi connectivity index (χ4v) is 2.43. The molecule has 1 aliphatic rings. The Morgan fingerprint density at radius 1 is 1.30 bits per heavy atom. The summed E-state index contributed by atoms with van der Waals surface area (Å²) in [5.74, 6) is -0.374. The van der Waals surface area contributed by atoms with Gasteiger partial charge in [-0.2, -0.15) is 18.3 Å². The average Bonchev–Trinajstić information content (AvgIpc) is 3.05. The second-order valence-corrected chi connectivity index (χ2v) is 4.48. The Balaban J connectivity index is 2.01. The third kappa shape index (κ3) is 1.95. The predicted molar refractivity (Wildman–Crippen MR) is 65.4 cm³/mol. The van der Waals surface area contributed by atoms with Crippen LogP contribution in [0, 0.1) is 0 Å². The molecule has 1 amide bonds. The third-order valence-electron chi connectivity index (χ3n) is 3.31. The number of hydrogen-bond acceptors (Lipinski definition) is 2. The van der Waals surface area contributed by atoms with Crippen LogP contribution in [0.2, 0.25) is 0 Å². The van der Waals surface area contributed by atoms with E-state index >= 15 is 0 Å². The number of aromatic amines is 1. The molecule has 7 heteroatoms. The van der Waals surface area contributed by atoms with Crippen molar-refractivity contribution in [3.05, 3.63) is 47.3 Å². The predicted octanol–water partition coefficient (Wildman–Crippen LogP) is 2.63. The summed E-state index contributed by atoms with van der Waals surface area (Å²) in [6.07, 6.45) is -2.78. The molecular weight excluding hydrogens is 271 g/mol. The van der Waals surface area contributed by atoms with Crippen LogP contribution < -0.4 is 4.90 Å². The van der Waals surface area contributed by atoms with Crippen LogP contribution in [-0.4, -0.2) is 22.6 Å². The molecule has 2 aromatic rings. The standard InChI is InChI=1S/C13H10F3N3O/c14-13(15,16)9-2-1-3-11-8(9)5-7-19(11)12(20)10-4-6-17-18-10/h1-4,6H,5,7H2,(H,17,18). The van der Waals surface area contributed by atoms with E-state index in [1.165, 1.54) is 29.3 Å². The first-order chi connectivity index (χ1) is 9.48. The van der Waals surface area contributed by atoms with Crippen molar-refractivity contribution in [2.24, 2.45) is 0 Å². The highest BCUT2D eigenvalue weighted by atomic mass is 19.4. The number of carbonyl (C=O) groups excluding carboxylic acids is 1. The van der Waals surface area contributed by atoms with Gasteiger partial charge in [-0.3, -0.25) is 9.89 Å². The fourth-order valence-electron chi connectivity index (χ4n) is 2.43. The molecule has 104 valence electrons. The zero-order valence-electron chi connectivity index (χ0n) is 10.2. The second kappa shape index (κ2) is 4.36. The van der Waals surface area contributed by atoms with Crippen LogP contribution >= 0.6 is 0 Å². The lowest BCUT2D eigenvalue weighted by molar-refractivity contribution is -0.138. The number of hydrogen-bond donors (Lipinski definition) is 1. The Kier molecular flexibility index (Phi) is 2.77. The topological polar surface area (TPSA) is 49.0 Å². The molecule has 0 aliphatic carbocycles. The van der Waals surface area contributed by atoms with Crippen LogP contribution in [0.25, 0.3) is 0 Å². The molecule has 0 unspecified atom stereocenters. The number of fused-ring (bicyclic) bond motifs is 1. The Bertz CT molecular complexity index is 649. The minimum Gasteiger partial charge on any atom is -0.306 e. The van der Waals surface area contributed by atoms with Crippen molar-refractivity contribution in [3.8, 4) is 0 Å². The molecule has 0 radical (unpaired) electrons. The molecule has 2 heterocycles. The van der Waals surface area contributed by atoms with E-state index in [2.05, 4.69) is 10.2 Å². The van der Waals surface area contributed by atoms with Gasteiger partial charge in [-0.15, -0.1) is 0 Å². The van der Waals surface area contributed by atoms with Gasteiger partial charge in [0.15, 0.2) is 0 Å². The highest BCUT2D eigenvalue weighted by Gasteiger charge is 2.37. The number of halogens is 3. The molecule has 1 aromatic carbocycles. The van der Waals surface area contributed by atoms with E-state index in [-0.39, 0.29) is 30.1 Å². The summed E-state index contributed by atoms with van der Waals surface area (Å²) >= 11 is 0. The van der Waals surface area contributed by atoms with E-state index in [0.29, 0.717) is 5.69 Å². The number of amides is 1. The van der Waals surface area contributed by atoms with Gasteiger partial charge in [-0.05, 0) is 30.2 Å². The number of nitrogens with one attached hydrogen (secondary N) is 1. The monoisotopic (exact) mass is 281 g/mol. The number of anilines is 1. The molecule has 0 bridgehead atoms. The lowest BCUT2D eigenvalue weighted by atomic mass is 10.0. The Morgan fingerprint density at radius 3 is 2.75 bits per heavy atom. The van der Waals surface area contributed by atoms with Crippen molar-refractivity contribution in [2.45, 2.75) is 12.6 Å². The van der Waals surface area contributed by atoms with Gasteiger partial charge >= 0.3 is 6.18 Å². The van der Waals surface area contributed by atoms with Crippen LogP contribution in [0.3, 0.4) is 0 Å². The summed E-state index contributed by atoms with van der Waals surface area (Å²) < 4.78 is 38.8. The van der Waals surface area contributed by atoms with Crippen molar-refractivity contribution in [1.29, 1.82) is 0 Å². The van der Waals surface area contributed by atoms with Crippen LogP contribution in [-0.2, 0) is 12.6 Å². The third-order valence-corrected chi connectivity index (χ3v) is 3.31. The van der Waals surface area contributed by atoms with Gasteiger partial charge in [0.1, 0.15) is 5.69 Å². The molecule has 0 saturated heterocycles. The van der Waals surface area contributed by atoms with E-state index in [1.807, 2.05) is 0 Å². The van der Waals surface area contributed by atoms with E-state index in [9.17, 15) is 18.0 Å². The Hall–Kier alpha value is -2.31. The van der Waals surface area contributed by atoms with Gasteiger partial charge in [-0.25, -0.2) is 0 Å². The number of aromatic nitrogens is 2. The first-order valence-corrected chi connectivity index (χ1v) is 5.99. The van der Waals surface area contributed by atoms with E-state index in [0.717, 1.165) is 6.07 Å². The summed E-state index contributed by atoms with van der Waals surface area (Å²) in [5, 5.41) is 6.20. The second-order valence-electron chi connectivity index (χ2n) is 4.48. The number of benzene rings is 1. The van der Waals surface area contributed by atoms with Gasteiger partial charge in [-0.1, -0.05) is 6.07 Å². The quantitative estimate of drug-likeness (QED) is 0.873.